The van der Waals surface area contributed by atoms with Crippen molar-refractivity contribution in [2.45, 2.75) is 39.5 Å². The fourth-order valence-corrected chi connectivity index (χ4v) is 3.69. The van der Waals surface area contributed by atoms with Crippen LogP contribution in [-0.4, -0.2) is 0 Å². The average molecular weight is 284 g/mol. The SMILES string of the molecule is Cc1cc2c(C)cc1CCC1=C=C(CC2)C2=CC=CC=C=C12. The van der Waals surface area contributed by atoms with E-state index >= 15 is 0 Å². The van der Waals surface area contributed by atoms with Crippen LogP contribution in [0.4, 0.5) is 0 Å². The van der Waals surface area contributed by atoms with Crippen LogP contribution in [-0.2, 0) is 12.8 Å². The average Bonchev–Trinajstić information content (AvgIpc) is 2.68. The summed E-state index contributed by atoms with van der Waals surface area (Å²) >= 11 is 0. The molecule has 1 aromatic rings. The van der Waals surface area contributed by atoms with Crippen molar-refractivity contribution in [1.82, 2.24) is 0 Å². The fraction of sp³-hybridized carbons (Fsp3) is 0.273. The van der Waals surface area contributed by atoms with Crippen molar-refractivity contribution in [1.29, 1.82) is 0 Å². The zero-order valence-corrected chi connectivity index (χ0v) is 13.3. The van der Waals surface area contributed by atoms with Crippen LogP contribution in [0.5, 0.6) is 0 Å². The molecule has 108 valence electrons. The molecule has 0 atom stereocenters. The molecule has 22 heavy (non-hydrogen) atoms. The van der Waals surface area contributed by atoms with E-state index in [2.05, 4.69) is 55.7 Å². The van der Waals surface area contributed by atoms with Crippen molar-refractivity contribution in [3.05, 3.63) is 92.4 Å². The molecule has 4 aliphatic rings. The first kappa shape index (κ1) is 13.4. The van der Waals surface area contributed by atoms with E-state index in [0.717, 1.165) is 25.7 Å². The number of benzene rings is 1. The molecule has 0 amide bonds. The molecular weight excluding hydrogens is 264 g/mol. The molecule has 0 aliphatic heterocycles. The molecular formula is C22H20. The van der Waals surface area contributed by atoms with Crippen LogP contribution in [0.3, 0.4) is 0 Å². The minimum atomic E-state index is 1.05. The Hall–Kier alpha value is -2.26. The molecule has 0 heterocycles. The van der Waals surface area contributed by atoms with E-state index in [4.69, 9.17) is 0 Å². The molecule has 1 aromatic carbocycles. The van der Waals surface area contributed by atoms with Crippen LogP contribution in [0.15, 0.2) is 70.2 Å². The standard InChI is InChI=1S/C22H20/c1-15-12-18-9-11-20-14-19(10-8-17(15)13-16(18)2)21-6-4-3-5-7-22(20)21/h3-6,12-13H,8-11H2,1-2H3. The van der Waals surface area contributed by atoms with E-state index in [1.807, 2.05) is 6.08 Å². The lowest BCUT2D eigenvalue weighted by molar-refractivity contribution is 0.917. The van der Waals surface area contributed by atoms with Crippen LogP contribution in [0.2, 0.25) is 0 Å². The highest BCUT2D eigenvalue weighted by Crippen LogP contribution is 2.37. The molecule has 0 aromatic heterocycles. The van der Waals surface area contributed by atoms with Gasteiger partial charge in [-0.15, -0.1) is 11.5 Å². The molecule has 0 fully saturated rings. The normalized spacial score (nSPS) is 18.8. The maximum absolute atomic E-state index is 3.70. The summed E-state index contributed by atoms with van der Waals surface area (Å²) in [5, 5.41) is 0. The predicted molar refractivity (Wildman–Crippen MR) is 91.9 cm³/mol. The first-order chi connectivity index (χ1) is 10.7. The van der Waals surface area contributed by atoms with Crippen molar-refractivity contribution in [3.63, 3.8) is 0 Å². The van der Waals surface area contributed by atoms with Crippen molar-refractivity contribution in [3.8, 4) is 0 Å². The maximum Gasteiger partial charge on any atom is 0.0355 e. The zero-order chi connectivity index (χ0) is 15.1. The third-order valence-corrected chi connectivity index (χ3v) is 4.98. The van der Waals surface area contributed by atoms with Gasteiger partial charge in [-0.1, -0.05) is 30.4 Å². The summed E-state index contributed by atoms with van der Waals surface area (Å²) in [4.78, 5) is 0. The molecule has 4 aliphatic carbocycles. The maximum atomic E-state index is 3.70. The Kier molecular flexibility index (Phi) is 3.16. The monoisotopic (exact) mass is 284 g/mol. The highest BCUT2D eigenvalue weighted by Gasteiger charge is 2.22. The molecule has 0 unspecified atom stereocenters. The minimum Gasteiger partial charge on any atom is -0.112 e. The molecule has 5 rings (SSSR count). The summed E-state index contributed by atoms with van der Waals surface area (Å²) in [5.74, 6) is 0. The van der Waals surface area contributed by atoms with Gasteiger partial charge in [-0.05, 0) is 67.9 Å². The van der Waals surface area contributed by atoms with Gasteiger partial charge >= 0.3 is 0 Å². The molecule has 0 spiro atoms. The lowest BCUT2D eigenvalue weighted by atomic mass is 9.89. The van der Waals surface area contributed by atoms with E-state index in [0.29, 0.717) is 0 Å². The Morgan fingerprint density at radius 2 is 1.50 bits per heavy atom. The first-order valence-corrected chi connectivity index (χ1v) is 8.15. The summed E-state index contributed by atoms with van der Waals surface area (Å²) in [7, 11) is 0. The van der Waals surface area contributed by atoms with Gasteiger partial charge in [-0.25, -0.2) is 0 Å². The second-order valence-electron chi connectivity index (χ2n) is 6.44. The Morgan fingerprint density at radius 3 is 2.23 bits per heavy atom. The Balaban J connectivity index is 1.82. The highest BCUT2D eigenvalue weighted by molar-refractivity contribution is 5.63. The van der Waals surface area contributed by atoms with Gasteiger partial charge in [0.25, 0.3) is 0 Å². The number of hydrogen-bond donors (Lipinski definition) is 0. The van der Waals surface area contributed by atoms with Gasteiger partial charge in [0.2, 0.25) is 0 Å². The molecule has 0 N–H and O–H groups in total. The Labute approximate surface area is 132 Å². The van der Waals surface area contributed by atoms with Crippen LogP contribution >= 0.6 is 0 Å². The minimum absolute atomic E-state index is 1.05. The van der Waals surface area contributed by atoms with Crippen LogP contribution in [0.25, 0.3) is 0 Å². The van der Waals surface area contributed by atoms with Crippen LogP contribution in [0.1, 0.15) is 35.1 Å². The number of rotatable bonds is 0. The molecule has 0 heteroatoms. The smallest absolute Gasteiger partial charge is 0.0355 e. The second-order valence-corrected chi connectivity index (χ2v) is 6.44. The van der Waals surface area contributed by atoms with Crippen molar-refractivity contribution in [2.24, 2.45) is 0 Å². The van der Waals surface area contributed by atoms with Gasteiger partial charge < -0.3 is 0 Å². The number of fused-ring (bicyclic) bond motifs is 5. The van der Waals surface area contributed by atoms with E-state index in [-0.39, 0.29) is 0 Å². The van der Waals surface area contributed by atoms with Gasteiger partial charge in [-0.2, -0.15) is 0 Å². The van der Waals surface area contributed by atoms with E-state index < -0.39 is 0 Å². The summed E-state index contributed by atoms with van der Waals surface area (Å²) in [6.07, 6.45) is 12.7. The molecule has 0 nitrogen and oxygen atoms in total. The third-order valence-electron chi connectivity index (χ3n) is 4.98. The molecule has 0 saturated carbocycles. The number of aryl methyl sites for hydroxylation is 4. The third kappa shape index (κ3) is 2.18. The van der Waals surface area contributed by atoms with Gasteiger partial charge in [0, 0.05) is 22.3 Å². The van der Waals surface area contributed by atoms with E-state index in [1.54, 1.807) is 0 Å². The van der Waals surface area contributed by atoms with Crippen LogP contribution < -0.4 is 0 Å². The Bertz CT molecular complexity index is 856. The predicted octanol–water partition coefficient (Wildman–Crippen LogP) is 5.23. The zero-order valence-electron chi connectivity index (χ0n) is 13.3. The van der Waals surface area contributed by atoms with Gasteiger partial charge in [-0.3, -0.25) is 0 Å². The molecule has 4 bridgehead atoms. The largest absolute Gasteiger partial charge is 0.112 e. The highest BCUT2D eigenvalue weighted by atomic mass is 14.2. The molecule has 0 radical (unpaired) electrons. The second kappa shape index (κ2) is 5.18. The quantitative estimate of drug-likeness (QED) is 0.573. The molecule has 0 saturated heterocycles. The van der Waals surface area contributed by atoms with Crippen molar-refractivity contribution >= 4 is 0 Å². The Morgan fingerprint density at radius 1 is 0.818 bits per heavy atom. The first-order valence-electron chi connectivity index (χ1n) is 8.15. The van der Waals surface area contributed by atoms with E-state index in [1.165, 1.54) is 44.5 Å². The lowest BCUT2D eigenvalue weighted by Crippen LogP contribution is -2.01. The van der Waals surface area contributed by atoms with Gasteiger partial charge in [0.05, 0.1) is 0 Å². The van der Waals surface area contributed by atoms with E-state index in [9.17, 15) is 0 Å². The van der Waals surface area contributed by atoms with Gasteiger partial charge in [0.1, 0.15) is 0 Å². The van der Waals surface area contributed by atoms with Crippen molar-refractivity contribution < 1.29 is 0 Å². The lowest BCUT2D eigenvalue weighted by Gasteiger charge is -2.15. The summed E-state index contributed by atoms with van der Waals surface area (Å²) in [6.45, 7) is 4.50. The van der Waals surface area contributed by atoms with Gasteiger partial charge in [0.15, 0.2) is 0 Å². The van der Waals surface area contributed by atoms with Crippen molar-refractivity contribution in [2.75, 3.05) is 0 Å². The van der Waals surface area contributed by atoms with Crippen LogP contribution in [0, 0.1) is 13.8 Å². The fourth-order valence-electron chi connectivity index (χ4n) is 3.69. The number of allylic oxidation sites excluding steroid dienone is 6. The topological polar surface area (TPSA) is 0 Å². The number of hydrogen-bond acceptors (Lipinski definition) is 0. The summed E-state index contributed by atoms with van der Waals surface area (Å²) in [6, 6.07) is 4.79. The summed E-state index contributed by atoms with van der Waals surface area (Å²) in [5.41, 5.74) is 18.3. The summed E-state index contributed by atoms with van der Waals surface area (Å²) < 4.78 is 0.